The van der Waals surface area contributed by atoms with Gasteiger partial charge in [0.1, 0.15) is 5.84 Å². The second-order valence-electron chi connectivity index (χ2n) is 3.98. The van der Waals surface area contributed by atoms with E-state index in [-0.39, 0.29) is 11.9 Å². The van der Waals surface area contributed by atoms with E-state index in [2.05, 4.69) is 9.98 Å². The fraction of sp³-hybridized carbons (Fsp3) is 0.250. The van der Waals surface area contributed by atoms with Crippen LogP contribution < -0.4 is 5.73 Å². The Bertz CT molecular complexity index is 584. The Morgan fingerprint density at radius 1 is 1.33 bits per heavy atom. The number of alkyl halides is 3. The summed E-state index contributed by atoms with van der Waals surface area (Å²) in [7, 11) is 0. The molecule has 0 radical (unpaired) electrons. The lowest BCUT2D eigenvalue weighted by Crippen LogP contribution is -2.28. The predicted octanol–water partition coefficient (Wildman–Crippen LogP) is 3.96. The average Bonchev–Trinajstić information content (AvgIpc) is 2.71. The maximum absolute atomic E-state index is 5.67. The van der Waals surface area contributed by atoms with Gasteiger partial charge in [-0.3, -0.25) is 4.99 Å². The Morgan fingerprint density at radius 2 is 2.00 bits per heavy atom. The Hall–Kier alpha value is -0.900. The number of rotatable bonds is 2. The third-order valence-electron chi connectivity index (χ3n) is 2.69. The van der Waals surface area contributed by atoms with Gasteiger partial charge in [-0.25, -0.2) is 0 Å². The molecule has 0 aliphatic heterocycles. The number of aliphatic imine (C=N–C) groups is 1. The van der Waals surface area contributed by atoms with Crippen molar-refractivity contribution in [2.24, 2.45) is 10.7 Å². The number of nitrogens with two attached hydrogens (primary N) is 1. The van der Waals surface area contributed by atoms with Crippen LogP contribution in [0.4, 0.5) is 0 Å². The van der Waals surface area contributed by atoms with Crippen molar-refractivity contribution in [2.75, 3.05) is 0 Å². The van der Waals surface area contributed by atoms with E-state index in [1.807, 2.05) is 37.4 Å². The highest BCUT2D eigenvalue weighted by Gasteiger charge is 2.26. The summed E-state index contributed by atoms with van der Waals surface area (Å²) in [6.45, 7) is 1.90. The molecule has 1 unspecified atom stereocenters. The van der Waals surface area contributed by atoms with Gasteiger partial charge in [-0.05, 0) is 13.0 Å². The highest BCUT2D eigenvalue weighted by atomic mass is 35.6. The van der Waals surface area contributed by atoms with Gasteiger partial charge in [0.2, 0.25) is 3.79 Å². The van der Waals surface area contributed by atoms with Crippen LogP contribution in [0.3, 0.4) is 0 Å². The number of aromatic nitrogens is 1. The van der Waals surface area contributed by atoms with Crippen molar-refractivity contribution in [3.63, 3.8) is 0 Å². The van der Waals surface area contributed by atoms with Gasteiger partial charge in [0.05, 0.1) is 6.04 Å². The summed E-state index contributed by atoms with van der Waals surface area (Å²) in [5.74, 6) is -0.00900. The number of H-pyrrole nitrogens is 1. The number of fused-ring (bicyclic) bond motifs is 1. The lowest BCUT2D eigenvalue weighted by Gasteiger charge is -2.13. The third-order valence-corrected chi connectivity index (χ3v) is 3.28. The number of halogens is 3. The molecule has 0 spiro atoms. The molecule has 0 aliphatic rings. The minimum Gasteiger partial charge on any atom is -0.384 e. The fourth-order valence-corrected chi connectivity index (χ4v) is 1.94. The van der Waals surface area contributed by atoms with E-state index in [9.17, 15) is 0 Å². The number of benzene rings is 1. The number of hydrogen-bond acceptors (Lipinski definition) is 1. The van der Waals surface area contributed by atoms with Crippen molar-refractivity contribution in [1.82, 2.24) is 4.98 Å². The maximum Gasteiger partial charge on any atom is 0.247 e. The highest BCUT2D eigenvalue weighted by molar-refractivity contribution is 6.76. The highest BCUT2D eigenvalue weighted by Crippen LogP contribution is 2.30. The van der Waals surface area contributed by atoms with Crippen LogP contribution in [0.2, 0.25) is 0 Å². The van der Waals surface area contributed by atoms with Crippen molar-refractivity contribution >= 4 is 51.5 Å². The van der Waals surface area contributed by atoms with Gasteiger partial charge < -0.3 is 10.7 Å². The summed E-state index contributed by atoms with van der Waals surface area (Å²) >= 11 is 17.0. The zero-order valence-electron chi connectivity index (χ0n) is 9.62. The Kier molecular flexibility index (Phi) is 3.76. The minimum absolute atomic E-state index is 0.00900. The monoisotopic (exact) mass is 303 g/mol. The Morgan fingerprint density at radius 3 is 2.67 bits per heavy atom. The molecule has 0 amide bonds. The molecule has 0 fully saturated rings. The maximum atomic E-state index is 5.67. The molecule has 0 bridgehead atoms. The van der Waals surface area contributed by atoms with Crippen LogP contribution in [-0.2, 0) is 0 Å². The molecule has 1 aromatic carbocycles. The summed E-state index contributed by atoms with van der Waals surface area (Å²) in [5.41, 5.74) is 7.71. The molecule has 18 heavy (non-hydrogen) atoms. The molecule has 1 heterocycles. The van der Waals surface area contributed by atoms with E-state index in [1.165, 1.54) is 0 Å². The molecule has 3 N–H and O–H groups in total. The molecule has 1 atom stereocenters. The first-order chi connectivity index (χ1) is 8.39. The summed E-state index contributed by atoms with van der Waals surface area (Å²) in [6.07, 6.45) is 1.89. The van der Waals surface area contributed by atoms with E-state index >= 15 is 0 Å². The molecular weight excluding hydrogens is 293 g/mol. The molecule has 6 heteroatoms. The molecular formula is C12H12Cl3N3. The summed E-state index contributed by atoms with van der Waals surface area (Å²) in [6, 6.07) is 7.75. The van der Waals surface area contributed by atoms with E-state index < -0.39 is 3.79 Å². The van der Waals surface area contributed by atoms with Gasteiger partial charge in [0.25, 0.3) is 0 Å². The lowest BCUT2D eigenvalue weighted by atomic mass is 10.1. The molecule has 2 aromatic rings. The average molecular weight is 305 g/mol. The topological polar surface area (TPSA) is 54.2 Å². The predicted molar refractivity (Wildman–Crippen MR) is 78.6 cm³/mol. The van der Waals surface area contributed by atoms with Crippen LogP contribution in [0.1, 0.15) is 18.5 Å². The zero-order chi connectivity index (χ0) is 13.3. The Balaban J connectivity index is 2.38. The normalized spacial score (nSPS) is 15.0. The summed E-state index contributed by atoms with van der Waals surface area (Å²) in [5, 5.41) is 1.09. The van der Waals surface area contributed by atoms with Crippen molar-refractivity contribution in [3.8, 4) is 0 Å². The number of aromatic amines is 1. The van der Waals surface area contributed by atoms with Gasteiger partial charge in [0, 0.05) is 22.7 Å². The first-order valence-corrected chi connectivity index (χ1v) is 6.49. The standard InChI is InChI=1S/C12H12Cl3N3/c1-7(18-11(16)12(13,14)15)9-6-17-10-5-3-2-4-8(9)10/h2-7,17H,1H3,(H2,16,18). The van der Waals surface area contributed by atoms with Crippen molar-refractivity contribution < 1.29 is 0 Å². The van der Waals surface area contributed by atoms with E-state index in [4.69, 9.17) is 40.5 Å². The van der Waals surface area contributed by atoms with Crippen LogP contribution in [0, 0.1) is 0 Å². The molecule has 0 aliphatic carbocycles. The first-order valence-electron chi connectivity index (χ1n) is 5.36. The van der Waals surface area contributed by atoms with Gasteiger partial charge >= 0.3 is 0 Å². The van der Waals surface area contributed by atoms with Gasteiger partial charge in [-0.2, -0.15) is 0 Å². The second-order valence-corrected chi connectivity index (χ2v) is 6.26. The SMILES string of the molecule is CC(N=C(N)C(Cl)(Cl)Cl)c1c[nH]c2ccccc12. The first kappa shape index (κ1) is 13.5. The van der Waals surface area contributed by atoms with Crippen molar-refractivity contribution in [2.45, 2.75) is 16.8 Å². The van der Waals surface area contributed by atoms with Crippen LogP contribution in [0.5, 0.6) is 0 Å². The van der Waals surface area contributed by atoms with E-state index in [0.717, 1.165) is 16.5 Å². The van der Waals surface area contributed by atoms with Crippen LogP contribution in [0.25, 0.3) is 10.9 Å². The molecule has 3 nitrogen and oxygen atoms in total. The fourth-order valence-electron chi connectivity index (χ4n) is 1.79. The van der Waals surface area contributed by atoms with Crippen LogP contribution >= 0.6 is 34.8 Å². The molecule has 0 saturated carbocycles. The molecule has 1 aromatic heterocycles. The van der Waals surface area contributed by atoms with Gasteiger partial charge in [-0.1, -0.05) is 53.0 Å². The van der Waals surface area contributed by atoms with Crippen molar-refractivity contribution in [1.29, 1.82) is 0 Å². The number of para-hydroxylation sites is 1. The molecule has 0 saturated heterocycles. The van der Waals surface area contributed by atoms with Crippen molar-refractivity contribution in [3.05, 3.63) is 36.0 Å². The summed E-state index contributed by atoms with van der Waals surface area (Å²) < 4.78 is -1.67. The largest absolute Gasteiger partial charge is 0.384 e. The number of amidine groups is 1. The van der Waals surface area contributed by atoms with E-state index in [1.54, 1.807) is 0 Å². The second kappa shape index (κ2) is 5.00. The Labute approximate surface area is 120 Å². The van der Waals surface area contributed by atoms with Gasteiger partial charge in [-0.15, -0.1) is 0 Å². The lowest BCUT2D eigenvalue weighted by molar-refractivity contribution is 0.822. The quantitative estimate of drug-likeness (QED) is 0.492. The third kappa shape index (κ3) is 2.74. The smallest absolute Gasteiger partial charge is 0.247 e. The molecule has 96 valence electrons. The van der Waals surface area contributed by atoms with Gasteiger partial charge in [0.15, 0.2) is 0 Å². The van der Waals surface area contributed by atoms with Crippen LogP contribution in [-0.4, -0.2) is 14.6 Å². The minimum atomic E-state index is -1.67. The zero-order valence-corrected chi connectivity index (χ0v) is 11.9. The number of nitrogens with zero attached hydrogens (tertiary/aromatic N) is 1. The van der Waals surface area contributed by atoms with E-state index in [0.29, 0.717) is 0 Å². The number of hydrogen-bond donors (Lipinski definition) is 2. The molecule has 2 rings (SSSR count). The number of nitrogens with one attached hydrogen (secondary N) is 1. The van der Waals surface area contributed by atoms with Crippen LogP contribution in [0.15, 0.2) is 35.5 Å². The summed E-state index contributed by atoms with van der Waals surface area (Å²) in [4.78, 5) is 7.39.